The van der Waals surface area contributed by atoms with Crippen molar-refractivity contribution in [2.24, 2.45) is 0 Å². The number of hydrogen-bond donors (Lipinski definition) is 0. The van der Waals surface area contributed by atoms with Gasteiger partial charge in [-0.2, -0.15) is 0 Å². The Bertz CT molecular complexity index is 238. The van der Waals surface area contributed by atoms with Crippen LogP contribution in [0, 0.1) is 0 Å². The molecule has 1 heterocycles. The van der Waals surface area contributed by atoms with Crippen LogP contribution in [0.5, 0.6) is 0 Å². The highest BCUT2D eigenvalue weighted by Gasteiger charge is 2.22. The van der Waals surface area contributed by atoms with E-state index in [-0.39, 0.29) is 12.1 Å². The van der Waals surface area contributed by atoms with Crippen LogP contribution in [0.2, 0.25) is 0 Å². The maximum absolute atomic E-state index is 10.9. The summed E-state index contributed by atoms with van der Waals surface area (Å²) in [7, 11) is 0. The lowest BCUT2D eigenvalue weighted by Crippen LogP contribution is -2.06. The molecule has 2 nitrogen and oxygen atoms in total. The van der Waals surface area contributed by atoms with E-state index in [1.54, 1.807) is 0 Å². The van der Waals surface area contributed by atoms with Crippen LogP contribution in [0.4, 0.5) is 0 Å². The Hall–Kier alpha value is -0.530. The minimum Gasteiger partial charge on any atom is -0.462 e. The molecule has 118 valence electrons. The smallest absolute Gasteiger partial charge is 0.306 e. The highest BCUT2D eigenvalue weighted by atomic mass is 16.5. The molecule has 2 heteroatoms. The van der Waals surface area contributed by atoms with Crippen LogP contribution in [0.3, 0.4) is 0 Å². The molecule has 0 radical (unpaired) electrons. The maximum Gasteiger partial charge on any atom is 0.306 e. The van der Waals surface area contributed by atoms with Crippen LogP contribution in [0.1, 0.15) is 103 Å². The van der Waals surface area contributed by atoms with Gasteiger partial charge in [-0.1, -0.05) is 77.6 Å². The Morgan fingerprint density at radius 1 is 0.850 bits per heavy atom. The monoisotopic (exact) mass is 282 g/mol. The summed E-state index contributed by atoms with van der Waals surface area (Å²) >= 11 is 0. The van der Waals surface area contributed by atoms with Crippen molar-refractivity contribution in [2.45, 2.75) is 109 Å². The van der Waals surface area contributed by atoms with Crippen molar-refractivity contribution >= 4 is 5.97 Å². The van der Waals surface area contributed by atoms with Crippen LogP contribution in [-0.2, 0) is 9.53 Å². The third-order valence-corrected chi connectivity index (χ3v) is 4.35. The first kappa shape index (κ1) is 17.5. The molecular weight excluding hydrogens is 248 g/mol. The highest BCUT2D eigenvalue weighted by molar-refractivity contribution is 5.71. The Morgan fingerprint density at radius 2 is 1.35 bits per heavy atom. The number of hydrogen-bond acceptors (Lipinski definition) is 2. The van der Waals surface area contributed by atoms with Crippen molar-refractivity contribution in [3.8, 4) is 0 Å². The number of cyclic esters (lactones) is 1. The molecule has 0 spiro atoms. The zero-order valence-corrected chi connectivity index (χ0v) is 13.5. The minimum atomic E-state index is 0.00827. The van der Waals surface area contributed by atoms with Gasteiger partial charge in [-0.25, -0.2) is 0 Å². The second-order valence-electron chi connectivity index (χ2n) is 6.33. The zero-order chi connectivity index (χ0) is 14.5. The molecule has 1 fully saturated rings. The predicted molar refractivity (Wildman–Crippen MR) is 84.8 cm³/mol. The Labute approximate surface area is 125 Å². The van der Waals surface area contributed by atoms with E-state index >= 15 is 0 Å². The van der Waals surface area contributed by atoms with Crippen molar-refractivity contribution in [2.75, 3.05) is 0 Å². The third-order valence-electron chi connectivity index (χ3n) is 4.35. The maximum atomic E-state index is 10.9. The normalized spacial score (nSPS) is 18.4. The molecule has 0 unspecified atom stereocenters. The Kier molecular flexibility index (Phi) is 10.7. The number of rotatable bonds is 13. The summed E-state index contributed by atoms with van der Waals surface area (Å²) < 4.78 is 5.22. The number of esters is 1. The van der Waals surface area contributed by atoms with Crippen molar-refractivity contribution in [1.82, 2.24) is 0 Å². The molecular formula is C18H34O2. The molecule has 1 rings (SSSR count). The van der Waals surface area contributed by atoms with Gasteiger partial charge >= 0.3 is 5.97 Å². The van der Waals surface area contributed by atoms with Gasteiger partial charge in [0.15, 0.2) is 0 Å². The number of ether oxygens (including phenoxy) is 1. The van der Waals surface area contributed by atoms with Crippen molar-refractivity contribution in [3.63, 3.8) is 0 Å². The summed E-state index contributed by atoms with van der Waals surface area (Å²) in [6.07, 6.45) is 19.5. The quantitative estimate of drug-likeness (QED) is 0.316. The van der Waals surface area contributed by atoms with Gasteiger partial charge in [0.1, 0.15) is 6.10 Å². The topological polar surface area (TPSA) is 26.3 Å². The molecule has 1 aliphatic heterocycles. The van der Waals surface area contributed by atoms with E-state index in [4.69, 9.17) is 4.74 Å². The van der Waals surface area contributed by atoms with Crippen LogP contribution in [-0.4, -0.2) is 12.1 Å². The van der Waals surface area contributed by atoms with Gasteiger partial charge in [-0.15, -0.1) is 0 Å². The van der Waals surface area contributed by atoms with Gasteiger partial charge in [-0.05, 0) is 19.3 Å². The Balaban J connectivity index is 1.71. The van der Waals surface area contributed by atoms with Crippen LogP contribution in [0.25, 0.3) is 0 Å². The van der Waals surface area contributed by atoms with Crippen LogP contribution < -0.4 is 0 Å². The molecule has 0 bridgehead atoms. The fourth-order valence-corrected chi connectivity index (χ4v) is 3.00. The summed E-state index contributed by atoms with van der Waals surface area (Å²) in [6, 6.07) is 0. The van der Waals surface area contributed by atoms with Crippen molar-refractivity contribution < 1.29 is 9.53 Å². The molecule has 1 aliphatic rings. The first-order valence-corrected chi connectivity index (χ1v) is 9.02. The standard InChI is InChI=1S/C18H34O2/c1-2-3-4-5-6-7-8-9-10-11-12-13-14-17-15-16-18(19)20-17/h17H,2-16H2,1H3/t17-/m1/s1. The predicted octanol–water partition coefficient (Wildman–Crippen LogP) is 5.78. The SMILES string of the molecule is CCCCCCCCCCCCCC[C@@H]1CCC(=O)O1. The summed E-state index contributed by atoms with van der Waals surface area (Å²) in [4.78, 5) is 10.9. The first-order valence-electron chi connectivity index (χ1n) is 9.02. The van der Waals surface area contributed by atoms with Gasteiger partial charge in [-0.3, -0.25) is 4.79 Å². The van der Waals surface area contributed by atoms with E-state index in [2.05, 4.69) is 6.92 Å². The molecule has 20 heavy (non-hydrogen) atoms. The molecule has 0 aliphatic carbocycles. The molecule has 0 amide bonds. The van der Waals surface area contributed by atoms with Crippen LogP contribution >= 0.6 is 0 Å². The van der Waals surface area contributed by atoms with Gasteiger partial charge in [0.25, 0.3) is 0 Å². The van der Waals surface area contributed by atoms with E-state index < -0.39 is 0 Å². The summed E-state index contributed by atoms with van der Waals surface area (Å²) in [5.41, 5.74) is 0. The van der Waals surface area contributed by atoms with Gasteiger partial charge in [0.2, 0.25) is 0 Å². The van der Waals surface area contributed by atoms with Crippen molar-refractivity contribution in [1.29, 1.82) is 0 Å². The second kappa shape index (κ2) is 12.2. The molecule has 0 N–H and O–H groups in total. The first-order chi connectivity index (χ1) is 9.83. The van der Waals surface area contributed by atoms with E-state index in [0.717, 1.165) is 12.8 Å². The summed E-state index contributed by atoms with van der Waals surface area (Å²) in [5, 5.41) is 0. The largest absolute Gasteiger partial charge is 0.462 e. The summed E-state index contributed by atoms with van der Waals surface area (Å²) in [6.45, 7) is 2.27. The lowest BCUT2D eigenvalue weighted by atomic mass is 10.0. The number of carbonyl (C=O) groups excluding carboxylic acids is 1. The van der Waals surface area contributed by atoms with E-state index in [1.165, 1.54) is 77.0 Å². The lowest BCUT2D eigenvalue weighted by Gasteiger charge is -2.08. The second-order valence-corrected chi connectivity index (χ2v) is 6.33. The molecule has 1 saturated heterocycles. The lowest BCUT2D eigenvalue weighted by molar-refractivity contribution is -0.141. The number of unbranched alkanes of at least 4 members (excludes halogenated alkanes) is 11. The zero-order valence-electron chi connectivity index (χ0n) is 13.5. The fourth-order valence-electron chi connectivity index (χ4n) is 3.00. The average Bonchev–Trinajstić information content (AvgIpc) is 2.86. The average molecular weight is 282 g/mol. The molecule has 0 aromatic rings. The molecule has 0 saturated carbocycles. The minimum absolute atomic E-state index is 0.00827. The van der Waals surface area contributed by atoms with Gasteiger partial charge < -0.3 is 4.74 Å². The number of carbonyl (C=O) groups is 1. The van der Waals surface area contributed by atoms with Gasteiger partial charge in [0.05, 0.1) is 0 Å². The van der Waals surface area contributed by atoms with E-state index in [0.29, 0.717) is 6.42 Å². The highest BCUT2D eigenvalue weighted by Crippen LogP contribution is 2.20. The summed E-state index contributed by atoms with van der Waals surface area (Å²) in [5.74, 6) is 0.00827. The van der Waals surface area contributed by atoms with E-state index in [1.807, 2.05) is 0 Å². The molecule has 0 aromatic carbocycles. The van der Waals surface area contributed by atoms with E-state index in [9.17, 15) is 4.79 Å². The van der Waals surface area contributed by atoms with Crippen LogP contribution in [0.15, 0.2) is 0 Å². The third kappa shape index (κ3) is 9.39. The Morgan fingerprint density at radius 3 is 1.80 bits per heavy atom. The molecule has 1 atom stereocenters. The van der Waals surface area contributed by atoms with Gasteiger partial charge in [0, 0.05) is 6.42 Å². The van der Waals surface area contributed by atoms with Crippen molar-refractivity contribution in [3.05, 3.63) is 0 Å². The fraction of sp³-hybridized carbons (Fsp3) is 0.944. The molecule has 0 aromatic heterocycles.